The number of ether oxygens (including phenoxy) is 1. The summed E-state index contributed by atoms with van der Waals surface area (Å²) in [7, 11) is 1.22. The number of benzene rings is 1. The van der Waals surface area contributed by atoms with Gasteiger partial charge in [-0.3, -0.25) is 0 Å². The van der Waals surface area contributed by atoms with Gasteiger partial charge in [0.15, 0.2) is 0 Å². The number of nitrogens with zero attached hydrogens (tertiary/aromatic N) is 1. The summed E-state index contributed by atoms with van der Waals surface area (Å²) in [6.45, 7) is 0. The highest BCUT2D eigenvalue weighted by Gasteiger charge is 2.17. The Balaban J connectivity index is 3.42. The van der Waals surface area contributed by atoms with E-state index >= 15 is 0 Å². The summed E-state index contributed by atoms with van der Waals surface area (Å²) in [4.78, 5) is 11.2. The Bertz CT molecular complexity index is 424. The van der Waals surface area contributed by atoms with Crippen molar-refractivity contribution in [3.05, 3.63) is 33.3 Å². The second-order valence-electron chi connectivity index (χ2n) is 2.39. The summed E-state index contributed by atoms with van der Waals surface area (Å²) in [6, 6.07) is 4.71. The first-order valence-corrected chi connectivity index (χ1v) is 4.33. The van der Waals surface area contributed by atoms with Crippen LogP contribution in [-0.2, 0) is 4.74 Å². The second-order valence-corrected chi connectivity index (χ2v) is 3.17. The molecule has 0 aromatic heterocycles. The van der Waals surface area contributed by atoms with Crippen LogP contribution >= 0.6 is 23.2 Å². The summed E-state index contributed by atoms with van der Waals surface area (Å²) in [5.41, 5.74) is 0.214. The molecule has 0 heterocycles. The van der Waals surface area contributed by atoms with Crippen LogP contribution in [0.3, 0.4) is 0 Å². The number of esters is 1. The van der Waals surface area contributed by atoms with Crippen LogP contribution in [0.2, 0.25) is 10.0 Å². The number of rotatable bonds is 1. The van der Waals surface area contributed by atoms with E-state index in [2.05, 4.69) is 4.74 Å². The van der Waals surface area contributed by atoms with Crippen LogP contribution in [0.4, 0.5) is 0 Å². The Morgan fingerprint density at radius 1 is 1.50 bits per heavy atom. The zero-order chi connectivity index (χ0) is 10.7. The summed E-state index contributed by atoms with van der Waals surface area (Å²) in [5, 5.41) is 8.85. The largest absolute Gasteiger partial charge is 0.465 e. The van der Waals surface area contributed by atoms with Gasteiger partial charge in [-0.05, 0) is 12.1 Å². The third kappa shape index (κ3) is 1.82. The van der Waals surface area contributed by atoms with Crippen molar-refractivity contribution in [3.8, 4) is 6.07 Å². The lowest BCUT2D eigenvalue weighted by atomic mass is 10.1. The van der Waals surface area contributed by atoms with Gasteiger partial charge in [0.1, 0.15) is 6.07 Å². The molecule has 1 rings (SSSR count). The van der Waals surface area contributed by atoms with Crippen LogP contribution in [0.5, 0.6) is 0 Å². The van der Waals surface area contributed by atoms with Crippen LogP contribution in [0, 0.1) is 11.3 Å². The summed E-state index contributed by atoms with van der Waals surface area (Å²) < 4.78 is 4.48. The first kappa shape index (κ1) is 10.8. The molecule has 0 aliphatic carbocycles. The fourth-order valence-electron chi connectivity index (χ4n) is 0.928. The van der Waals surface area contributed by atoms with Crippen molar-refractivity contribution in [1.82, 2.24) is 0 Å². The maximum atomic E-state index is 11.2. The molecule has 72 valence electrons. The molecule has 0 amide bonds. The summed E-state index contributed by atoms with van der Waals surface area (Å²) in [5.74, 6) is -0.655. The van der Waals surface area contributed by atoms with E-state index < -0.39 is 5.97 Å². The van der Waals surface area contributed by atoms with Crippen LogP contribution in [-0.4, -0.2) is 13.1 Å². The first-order valence-electron chi connectivity index (χ1n) is 3.58. The molecule has 1 aromatic carbocycles. The topological polar surface area (TPSA) is 50.1 Å². The molecule has 1 aromatic rings. The molecule has 0 bridgehead atoms. The van der Waals surface area contributed by atoms with Crippen molar-refractivity contribution in [2.75, 3.05) is 7.11 Å². The van der Waals surface area contributed by atoms with E-state index in [4.69, 9.17) is 28.5 Å². The lowest BCUT2D eigenvalue weighted by Crippen LogP contribution is -2.04. The number of halogens is 2. The fourth-order valence-corrected chi connectivity index (χ4v) is 1.50. The molecule has 14 heavy (non-hydrogen) atoms. The number of carbonyl (C=O) groups is 1. The Kier molecular flexibility index (Phi) is 3.34. The molecule has 5 heteroatoms. The molecule has 0 aliphatic rings. The smallest absolute Gasteiger partial charge is 0.340 e. The molecule has 0 N–H and O–H groups in total. The van der Waals surface area contributed by atoms with Crippen molar-refractivity contribution in [2.24, 2.45) is 0 Å². The molecule has 0 fully saturated rings. The van der Waals surface area contributed by atoms with Crippen molar-refractivity contribution < 1.29 is 9.53 Å². The van der Waals surface area contributed by atoms with Gasteiger partial charge in [-0.1, -0.05) is 23.2 Å². The Labute approximate surface area is 90.8 Å². The lowest BCUT2D eigenvalue weighted by Gasteiger charge is -2.05. The fraction of sp³-hybridized carbons (Fsp3) is 0.111. The highest BCUT2D eigenvalue weighted by Crippen LogP contribution is 2.28. The summed E-state index contributed by atoms with van der Waals surface area (Å²) >= 11 is 11.5. The van der Waals surface area contributed by atoms with E-state index in [-0.39, 0.29) is 21.2 Å². The predicted octanol–water partition coefficient (Wildman–Crippen LogP) is 2.65. The van der Waals surface area contributed by atoms with E-state index in [1.165, 1.54) is 19.2 Å². The predicted molar refractivity (Wildman–Crippen MR) is 52.5 cm³/mol. The Morgan fingerprint density at radius 3 is 2.64 bits per heavy atom. The van der Waals surface area contributed by atoms with Crippen LogP contribution in [0.25, 0.3) is 0 Å². The van der Waals surface area contributed by atoms with Crippen LogP contribution in [0.1, 0.15) is 15.9 Å². The maximum absolute atomic E-state index is 11.2. The van der Waals surface area contributed by atoms with Gasteiger partial charge in [0.25, 0.3) is 0 Å². The quantitative estimate of drug-likeness (QED) is 0.696. The average Bonchev–Trinajstić information content (AvgIpc) is 2.18. The first-order chi connectivity index (χ1) is 6.61. The molecular weight excluding hydrogens is 225 g/mol. The van der Waals surface area contributed by atoms with Crippen molar-refractivity contribution in [1.29, 1.82) is 5.26 Å². The third-order valence-electron chi connectivity index (χ3n) is 1.60. The summed E-state index contributed by atoms with van der Waals surface area (Å²) in [6.07, 6.45) is 0. The molecule has 0 saturated carbocycles. The van der Waals surface area contributed by atoms with Gasteiger partial charge < -0.3 is 4.74 Å². The molecule has 0 aliphatic heterocycles. The number of methoxy groups -OCH3 is 1. The SMILES string of the molecule is COC(=O)c1c(Cl)ccc(C#N)c1Cl. The number of hydrogen-bond acceptors (Lipinski definition) is 3. The van der Waals surface area contributed by atoms with Crippen molar-refractivity contribution >= 4 is 29.2 Å². The van der Waals surface area contributed by atoms with Gasteiger partial charge in [0.05, 0.1) is 28.3 Å². The van der Waals surface area contributed by atoms with Gasteiger partial charge in [-0.25, -0.2) is 4.79 Å². The van der Waals surface area contributed by atoms with E-state index in [1.807, 2.05) is 6.07 Å². The van der Waals surface area contributed by atoms with Gasteiger partial charge in [0, 0.05) is 0 Å². The zero-order valence-electron chi connectivity index (χ0n) is 7.17. The van der Waals surface area contributed by atoms with Gasteiger partial charge >= 0.3 is 5.97 Å². The standard InChI is InChI=1S/C9H5Cl2NO2/c1-14-9(13)7-6(10)3-2-5(4-12)8(7)11/h2-3H,1H3. The molecule has 0 saturated heterocycles. The minimum absolute atomic E-state index is 0.0202. The minimum atomic E-state index is -0.655. The molecule has 0 atom stereocenters. The highest BCUT2D eigenvalue weighted by atomic mass is 35.5. The van der Waals surface area contributed by atoms with Crippen LogP contribution < -0.4 is 0 Å². The lowest BCUT2D eigenvalue weighted by molar-refractivity contribution is 0.0601. The van der Waals surface area contributed by atoms with Crippen LogP contribution in [0.15, 0.2) is 12.1 Å². The Morgan fingerprint density at radius 2 is 2.14 bits per heavy atom. The normalized spacial score (nSPS) is 9.29. The second kappa shape index (κ2) is 4.32. The monoisotopic (exact) mass is 229 g/mol. The van der Waals surface area contributed by atoms with Crippen molar-refractivity contribution in [2.45, 2.75) is 0 Å². The molecule has 3 nitrogen and oxygen atoms in total. The van der Waals surface area contributed by atoms with E-state index in [0.29, 0.717) is 0 Å². The van der Waals surface area contributed by atoms with Crippen molar-refractivity contribution in [3.63, 3.8) is 0 Å². The van der Waals surface area contributed by atoms with E-state index in [0.717, 1.165) is 0 Å². The highest BCUT2D eigenvalue weighted by molar-refractivity contribution is 6.40. The molecule has 0 unspecified atom stereocenters. The number of carbonyl (C=O) groups excluding carboxylic acids is 1. The molecule has 0 radical (unpaired) electrons. The minimum Gasteiger partial charge on any atom is -0.465 e. The number of nitriles is 1. The molecule has 0 spiro atoms. The number of hydrogen-bond donors (Lipinski definition) is 0. The third-order valence-corrected chi connectivity index (χ3v) is 2.31. The van der Waals surface area contributed by atoms with Gasteiger partial charge in [-0.2, -0.15) is 5.26 Å². The van der Waals surface area contributed by atoms with Gasteiger partial charge in [0.2, 0.25) is 0 Å². The Hall–Kier alpha value is -1.24. The average molecular weight is 230 g/mol. The molecular formula is C9H5Cl2NO2. The maximum Gasteiger partial charge on any atom is 0.340 e. The zero-order valence-corrected chi connectivity index (χ0v) is 8.69. The van der Waals surface area contributed by atoms with Gasteiger partial charge in [-0.15, -0.1) is 0 Å². The van der Waals surface area contributed by atoms with E-state index in [9.17, 15) is 4.79 Å². The van der Waals surface area contributed by atoms with E-state index in [1.54, 1.807) is 0 Å².